The Morgan fingerprint density at radius 1 is 1.11 bits per heavy atom. The van der Waals surface area contributed by atoms with Gasteiger partial charge < -0.3 is 20.1 Å². The van der Waals surface area contributed by atoms with Gasteiger partial charge in [0.05, 0.1) is 17.9 Å². The lowest BCUT2D eigenvalue weighted by molar-refractivity contribution is -0.139. The molecule has 2 aromatic carbocycles. The molecule has 186 valence electrons. The van der Waals surface area contributed by atoms with Crippen molar-refractivity contribution in [3.8, 4) is 5.75 Å². The molecule has 35 heavy (non-hydrogen) atoms. The number of hydrogen-bond donors (Lipinski definition) is 3. The molecule has 0 unspecified atom stereocenters. The minimum atomic E-state index is -4.52. The van der Waals surface area contributed by atoms with Crippen LogP contribution >= 0.6 is 0 Å². The van der Waals surface area contributed by atoms with E-state index in [2.05, 4.69) is 21.2 Å². The van der Waals surface area contributed by atoms with E-state index in [1.54, 1.807) is 18.2 Å². The lowest BCUT2D eigenvalue weighted by Gasteiger charge is -2.10. The van der Waals surface area contributed by atoms with Gasteiger partial charge in [0, 0.05) is 18.8 Å². The lowest BCUT2D eigenvalue weighted by Crippen LogP contribution is -2.41. The van der Waals surface area contributed by atoms with E-state index in [0.29, 0.717) is 12.2 Å². The van der Waals surface area contributed by atoms with Crippen molar-refractivity contribution in [2.45, 2.75) is 25.1 Å². The van der Waals surface area contributed by atoms with Crippen molar-refractivity contribution >= 4 is 29.6 Å². The zero-order chi connectivity index (χ0) is 25.3. The van der Waals surface area contributed by atoms with E-state index >= 15 is 0 Å². The Hall–Kier alpha value is -3.93. The Kier molecular flexibility index (Phi) is 8.79. The fourth-order valence-electron chi connectivity index (χ4n) is 3.11. The van der Waals surface area contributed by atoms with Crippen molar-refractivity contribution in [3.63, 3.8) is 0 Å². The second-order valence-electron chi connectivity index (χ2n) is 7.53. The van der Waals surface area contributed by atoms with E-state index in [-0.39, 0.29) is 24.1 Å². The normalized spacial score (nSPS) is 15.6. The quantitative estimate of drug-likeness (QED) is 0.297. The number of halogens is 3. The molecule has 0 bridgehead atoms. The predicted octanol–water partition coefficient (Wildman–Crippen LogP) is 2.47. The summed E-state index contributed by atoms with van der Waals surface area (Å²) in [5.74, 6) is -2.13. The first-order valence-electron chi connectivity index (χ1n) is 10.6. The summed E-state index contributed by atoms with van der Waals surface area (Å²) in [7, 11) is 0. The van der Waals surface area contributed by atoms with Gasteiger partial charge in [0.15, 0.2) is 6.61 Å². The van der Waals surface area contributed by atoms with Gasteiger partial charge in [-0.2, -0.15) is 18.3 Å². The van der Waals surface area contributed by atoms with Gasteiger partial charge in [-0.05, 0) is 48.7 Å². The summed E-state index contributed by atoms with van der Waals surface area (Å²) in [6, 6.07) is 10.6. The molecule has 1 fully saturated rings. The highest BCUT2D eigenvalue weighted by Gasteiger charge is 2.30. The molecule has 1 aliphatic heterocycles. The average Bonchev–Trinajstić information content (AvgIpc) is 3.35. The maximum Gasteiger partial charge on any atom is 0.416 e. The van der Waals surface area contributed by atoms with Gasteiger partial charge in [-0.15, -0.1) is 0 Å². The molecule has 12 heteroatoms. The predicted molar refractivity (Wildman–Crippen MR) is 120 cm³/mol. The third-order valence-corrected chi connectivity index (χ3v) is 4.80. The Bertz CT molecular complexity index is 1080. The first-order chi connectivity index (χ1) is 16.7. The molecule has 1 saturated heterocycles. The number of ether oxygens (including phenoxy) is 2. The number of carbonyl (C=O) groups is 3. The highest BCUT2D eigenvalue weighted by atomic mass is 19.4. The minimum Gasteiger partial charge on any atom is -0.484 e. The van der Waals surface area contributed by atoms with Gasteiger partial charge >= 0.3 is 18.0 Å². The van der Waals surface area contributed by atoms with E-state index < -0.39 is 36.1 Å². The van der Waals surface area contributed by atoms with Gasteiger partial charge in [0.2, 0.25) is 0 Å². The summed E-state index contributed by atoms with van der Waals surface area (Å²) in [6.45, 7) is 0.440. The number of benzene rings is 2. The third-order valence-electron chi connectivity index (χ3n) is 4.80. The summed E-state index contributed by atoms with van der Waals surface area (Å²) in [5, 5.41) is 8.53. The number of hydrazone groups is 1. The number of rotatable bonds is 8. The lowest BCUT2D eigenvalue weighted by atomic mass is 10.2. The van der Waals surface area contributed by atoms with Crippen LogP contribution in [0.3, 0.4) is 0 Å². The largest absolute Gasteiger partial charge is 0.484 e. The van der Waals surface area contributed by atoms with E-state index in [0.717, 1.165) is 25.0 Å². The van der Waals surface area contributed by atoms with Crippen LogP contribution in [0.15, 0.2) is 53.6 Å². The highest BCUT2D eigenvalue weighted by Crippen LogP contribution is 2.30. The Balaban J connectivity index is 1.44. The fourth-order valence-corrected chi connectivity index (χ4v) is 3.11. The van der Waals surface area contributed by atoms with Gasteiger partial charge in [-0.25, -0.2) is 5.43 Å². The molecule has 1 atom stereocenters. The molecule has 1 aliphatic rings. The van der Waals surface area contributed by atoms with Crippen LogP contribution in [0, 0.1) is 0 Å². The van der Waals surface area contributed by atoms with Crippen molar-refractivity contribution in [3.05, 3.63) is 59.7 Å². The Labute approximate surface area is 198 Å². The van der Waals surface area contributed by atoms with Gasteiger partial charge in [0.25, 0.3) is 5.91 Å². The van der Waals surface area contributed by atoms with Crippen LogP contribution in [0.1, 0.15) is 24.0 Å². The molecule has 1 heterocycles. The van der Waals surface area contributed by atoms with Crippen LogP contribution in [-0.2, 0) is 25.3 Å². The highest BCUT2D eigenvalue weighted by molar-refractivity contribution is 6.35. The van der Waals surface area contributed by atoms with E-state index in [1.165, 1.54) is 24.4 Å². The summed E-state index contributed by atoms with van der Waals surface area (Å²) in [5.41, 5.74) is 1.72. The van der Waals surface area contributed by atoms with Crippen LogP contribution in [0.5, 0.6) is 5.75 Å². The number of carbonyl (C=O) groups excluding carboxylic acids is 3. The van der Waals surface area contributed by atoms with Crippen LogP contribution in [0.25, 0.3) is 0 Å². The number of amides is 3. The molecule has 0 radical (unpaired) electrons. The summed E-state index contributed by atoms with van der Waals surface area (Å²) in [6.07, 6.45) is -1.59. The number of alkyl halides is 3. The van der Waals surface area contributed by atoms with Crippen molar-refractivity contribution in [2.75, 3.05) is 25.1 Å². The van der Waals surface area contributed by atoms with Gasteiger partial charge in [-0.1, -0.05) is 18.2 Å². The number of hydrogen-bond acceptors (Lipinski definition) is 6. The summed E-state index contributed by atoms with van der Waals surface area (Å²) >= 11 is 0. The van der Waals surface area contributed by atoms with Crippen molar-refractivity contribution < 1.29 is 37.0 Å². The fraction of sp³-hybridized carbons (Fsp3) is 0.304. The van der Waals surface area contributed by atoms with Gasteiger partial charge in [-0.3, -0.25) is 14.4 Å². The van der Waals surface area contributed by atoms with Crippen LogP contribution in [0.4, 0.5) is 18.9 Å². The Morgan fingerprint density at radius 2 is 1.91 bits per heavy atom. The number of anilines is 1. The molecule has 3 amide bonds. The smallest absolute Gasteiger partial charge is 0.416 e. The molecule has 3 rings (SSSR count). The molecular formula is C23H23F3N4O5. The minimum absolute atomic E-state index is 0.00939. The monoisotopic (exact) mass is 492 g/mol. The van der Waals surface area contributed by atoms with Crippen molar-refractivity contribution in [1.82, 2.24) is 10.7 Å². The van der Waals surface area contributed by atoms with E-state index in [4.69, 9.17) is 9.47 Å². The Morgan fingerprint density at radius 3 is 2.66 bits per heavy atom. The molecule has 0 aliphatic carbocycles. The maximum atomic E-state index is 12.8. The van der Waals surface area contributed by atoms with E-state index in [9.17, 15) is 27.6 Å². The first-order valence-corrected chi connectivity index (χ1v) is 10.6. The molecule has 0 aromatic heterocycles. The number of nitrogens with zero attached hydrogens (tertiary/aromatic N) is 1. The number of nitrogens with one attached hydrogen (secondary N) is 3. The standard InChI is InChI=1S/C23H23F3N4O5/c24-23(25,26)16-5-2-6-17(11-16)29-20(31)14-35-18-7-1-4-15(10-18)12-28-30-22(33)21(32)27-13-19-8-3-9-34-19/h1-2,4-7,10-12,19H,3,8-9,13-14H2,(H,27,32)(H,29,31)(H,30,33)/b28-12-/t19-/m0/s1. The zero-order valence-electron chi connectivity index (χ0n) is 18.4. The van der Waals surface area contributed by atoms with Crippen molar-refractivity contribution in [1.29, 1.82) is 0 Å². The molecule has 0 spiro atoms. The van der Waals surface area contributed by atoms with Crippen molar-refractivity contribution in [2.24, 2.45) is 5.10 Å². The molecule has 0 saturated carbocycles. The zero-order valence-corrected chi connectivity index (χ0v) is 18.4. The van der Waals surface area contributed by atoms with E-state index in [1.807, 2.05) is 0 Å². The maximum absolute atomic E-state index is 12.8. The van der Waals surface area contributed by atoms with Crippen LogP contribution < -0.4 is 20.8 Å². The SMILES string of the molecule is O=C(COc1cccc(/C=N\NC(=O)C(=O)NC[C@@H]2CCCO2)c1)Nc1cccc(C(F)(F)F)c1. The summed E-state index contributed by atoms with van der Waals surface area (Å²) < 4.78 is 49.1. The third kappa shape index (κ3) is 8.41. The molecular weight excluding hydrogens is 469 g/mol. The van der Waals surface area contributed by atoms with Crippen LogP contribution in [-0.4, -0.2) is 49.8 Å². The van der Waals surface area contributed by atoms with Crippen LogP contribution in [0.2, 0.25) is 0 Å². The van der Waals surface area contributed by atoms with Gasteiger partial charge in [0.1, 0.15) is 5.75 Å². The second-order valence-corrected chi connectivity index (χ2v) is 7.53. The summed E-state index contributed by atoms with van der Waals surface area (Å²) in [4.78, 5) is 35.6. The topological polar surface area (TPSA) is 118 Å². The second kappa shape index (κ2) is 12.0. The molecule has 9 nitrogen and oxygen atoms in total. The molecule has 2 aromatic rings. The first kappa shape index (κ1) is 25.7. The average molecular weight is 492 g/mol. The molecule has 3 N–H and O–H groups in total.